The van der Waals surface area contributed by atoms with Gasteiger partial charge in [0.25, 0.3) is 5.91 Å². The van der Waals surface area contributed by atoms with Gasteiger partial charge in [-0.15, -0.1) is 0 Å². The Morgan fingerprint density at radius 2 is 1.71 bits per heavy atom. The summed E-state index contributed by atoms with van der Waals surface area (Å²) in [4.78, 5) is 12.4. The molecular weight excluding hydrogens is 496 g/mol. The Hall–Kier alpha value is -3.76. The molecule has 0 aliphatic carbocycles. The van der Waals surface area contributed by atoms with E-state index in [1.807, 2.05) is 6.92 Å². The molecule has 0 heterocycles. The summed E-state index contributed by atoms with van der Waals surface area (Å²) in [7, 11) is -1.28. The van der Waals surface area contributed by atoms with Gasteiger partial charge >= 0.3 is 10.1 Å². The molecule has 0 atom stereocenters. The summed E-state index contributed by atoms with van der Waals surface area (Å²) in [6.45, 7) is 2.23. The maximum Gasteiger partial charge on any atom is 0.339 e. The predicted molar refractivity (Wildman–Crippen MR) is 131 cm³/mol. The normalized spacial score (nSPS) is 11.2. The number of nitrogens with zero attached hydrogens (tertiary/aromatic N) is 1. The fourth-order valence-corrected chi connectivity index (χ4v) is 4.24. The van der Waals surface area contributed by atoms with Crippen molar-refractivity contribution in [2.75, 3.05) is 20.8 Å². The molecule has 0 aliphatic heterocycles. The first-order chi connectivity index (χ1) is 16.8. The highest BCUT2D eigenvalue weighted by atomic mass is 35.5. The molecule has 11 heteroatoms. The molecule has 3 aromatic rings. The van der Waals surface area contributed by atoms with E-state index >= 15 is 0 Å². The average molecular weight is 519 g/mol. The molecule has 3 rings (SSSR count). The minimum absolute atomic E-state index is 0.0202. The number of nitrogens with one attached hydrogen (secondary N) is 1. The van der Waals surface area contributed by atoms with Crippen molar-refractivity contribution >= 4 is 33.8 Å². The van der Waals surface area contributed by atoms with Crippen LogP contribution in [0.4, 0.5) is 0 Å². The Labute approximate surface area is 208 Å². The topological polar surface area (TPSA) is 113 Å². The molecule has 0 aliphatic rings. The van der Waals surface area contributed by atoms with Gasteiger partial charge in [0, 0.05) is 5.56 Å². The third-order valence-electron chi connectivity index (χ3n) is 4.58. The first kappa shape index (κ1) is 25.9. The number of carbonyl (C=O) groups excluding carboxylic acids is 1. The minimum Gasteiger partial charge on any atom is -0.493 e. The molecule has 0 aromatic heterocycles. The number of hydrogen-bond acceptors (Lipinski definition) is 8. The first-order valence-corrected chi connectivity index (χ1v) is 12.1. The maximum absolute atomic E-state index is 12.6. The highest BCUT2D eigenvalue weighted by Gasteiger charge is 2.22. The van der Waals surface area contributed by atoms with E-state index < -0.39 is 16.0 Å². The summed E-state index contributed by atoms with van der Waals surface area (Å²) in [6, 6.07) is 15.3. The predicted octanol–water partition coefficient (Wildman–Crippen LogP) is 4.29. The quantitative estimate of drug-likeness (QED) is 0.242. The van der Waals surface area contributed by atoms with E-state index in [-0.39, 0.29) is 21.4 Å². The summed E-state index contributed by atoms with van der Waals surface area (Å²) in [5.41, 5.74) is 3.16. The standard InChI is InChI=1S/C24H23ClN2O7S/c1-4-33-21-14-17(10-11-20(21)31-2)24(28)27-26-15-16-12-19(25)23(22(13-16)32-3)34-35(29,30)18-8-6-5-7-9-18/h5-15H,4H2,1-3H3,(H,27,28)/b26-15+. The van der Waals surface area contributed by atoms with Crippen molar-refractivity contribution < 1.29 is 31.6 Å². The van der Waals surface area contributed by atoms with Crippen LogP contribution in [0.15, 0.2) is 70.7 Å². The number of hydrazone groups is 1. The van der Waals surface area contributed by atoms with Crippen molar-refractivity contribution in [3.05, 3.63) is 76.8 Å². The third-order valence-corrected chi connectivity index (χ3v) is 6.10. The lowest BCUT2D eigenvalue weighted by atomic mass is 10.2. The molecule has 0 saturated heterocycles. The van der Waals surface area contributed by atoms with Crippen LogP contribution in [-0.4, -0.2) is 41.4 Å². The van der Waals surface area contributed by atoms with Gasteiger partial charge in [-0.05, 0) is 55.0 Å². The monoisotopic (exact) mass is 518 g/mol. The van der Waals surface area contributed by atoms with Gasteiger partial charge in [-0.1, -0.05) is 29.8 Å². The second kappa shape index (κ2) is 11.6. The summed E-state index contributed by atoms with van der Waals surface area (Å²) < 4.78 is 46.3. The second-order valence-corrected chi connectivity index (χ2v) is 8.84. The molecule has 1 N–H and O–H groups in total. The van der Waals surface area contributed by atoms with Gasteiger partial charge in [-0.2, -0.15) is 13.5 Å². The van der Waals surface area contributed by atoms with Gasteiger partial charge in [-0.3, -0.25) is 4.79 Å². The van der Waals surface area contributed by atoms with E-state index in [4.69, 9.17) is 30.0 Å². The summed E-state index contributed by atoms with van der Waals surface area (Å²) in [5.74, 6) is 0.369. The van der Waals surface area contributed by atoms with Crippen LogP contribution in [0.5, 0.6) is 23.0 Å². The van der Waals surface area contributed by atoms with Gasteiger partial charge in [0.1, 0.15) is 4.90 Å². The Morgan fingerprint density at radius 1 is 1.00 bits per heavy atom. The zero-order chi connectivity index (χ0) is 25.4. The highest BCUT2D eigenvalue weighted by Crippen LogP contribution is 2.38. The Kier molecular flexibility index (Phi) is 8.56. The van der Waals surface area contributed by atoms with Gasteiger partial charge in [0.2, 0.25) is 5.75 Å². The van der Waals surface area contributed by atoms with Crippen molar-refractivity contribution in [1.82, 2.24) is 5.43 Å². The van der Waals surface area contributed by atoms with Crippen molar-refractivity contribution in [1.29, 1.82) is 0 Å². The van der Waals surface area contributed by atoms with E-state index in [1.54, 1.807) is 36.4 Å². The molecule has 184 valence electrons. The fraction of sp³-hybridized carbons (Fsp3) is 0.167. The van der Waals surface area contributed by atoms with Crippen LogP contribution in [0.25, 0.3) is 0 Å². The fourth-order valence-electron chi connectivity index (χ4n) is 2.96. The van der Waals surface area contributed by atoms with Gasteiger partial charge < -0.3 is 18.4 Å². The molecule has 0 radical (unpaired) electrons. The average Bonchev–Trinajstić information content (AvgIpc) is 2.86. The number of ether oxygens (including phenoxy) is 3. The lowest BCUT2D eigenvalue weighted by molar-refractivity contribution is 0.0954. The Bertz CT molecular complexity index is 1330. The summed E-state index contributed by atoms with van der Waals surface area (Å²) in [5, 5.41) is 3.91. The zero-order valence-corrected chi connectivity index (χ0v) is 20.7. The second-order valence-electron chi connectivity index (χ2n) is 6.88. The number of methoxy groups -OCH3 is 2. The van der Waals surface area contributed by atoms with E-state index in [0.717, 1.165) is 0 Å². The minimum atomic E-state index is -4.13. The number of carbonyl (C=O) groups is 1. The molecule has 3 aromatic carbocycles. The van der Waals surface area contributed by atoms with E-state index in [2.05, 4.69) is 10.5 Å². The number of halogens is 1. The lowest BCUT2D eigenvalue weighted by Crippen LogP contribution is -2.17. The molecule has 9 nitrogen and oxygen atoms in total. The smallest absolute Gasteiger partial charge is 0.339 e. The number of benzene rings is 3. The van der Waals surface area contributed by atoms with Crippen LogP contribution in [0.3, 0.4) is 0 Å². The van der Waals surface area contributed by atoms with Crippen molar-refractivity contribution in [2.45, 2.75) is 11.8 Å². The maximum atomic E-state index is 12.6. The lowest BCUT2D eigenvalue weighted by Gasteiger charge is -2.13. The summed E-state index contributed by atoms with van der Waals surface area (Å²) in [6.07, 6.45) is 1.33. The van der Waals surface area contributed by atoms with Crippen molar-refractivity contribution in [3.63, 3.8) is 0 Å². The molecule has 1 amide bonds. The van der Waals surface area contributed by atoms with E-state index in [0.29, 0.717) is 29.2 Å². The molecular formula is C24H23ClN2O7S. The third kappa shape index (κ3) is 6.43. The highest BCUT2D eigenvalue weighted by molar-refractivity contribution is 7.87. The van der Waals surface area contributed by atoms with Gasteiger partial charge in [0.15, 0.2) is 17.2 Å². The summed E-state index contributed by atoms with van der Waals surface area (Å²) >= 11 is 6.28. The van der Waals surface area contributed by atoms with E-state index in [9.17, 15) is 13.2 Å². The zero-order valence-electron chi connectivity index (χ0n) is 19.1. The molecule has 0 unspecified atom stereocenters. The van der Waals surface area contributed by atoms with Crippen LogP contribution in [-0.2, 0) is 10.1 Å². The number of hydrogen-bond donors (Lipinski definition) is 1. The first-order valence-electron chi connectivity index (χ1n) is 10.3. The van der Waals surface area contributed by atoms with Crippen molar-refractivity contribution in [3.8, 4) is 23.0 Å². The Morgan fingerprint density at radius 3 is 2.37 bits per heavy atom. The van der Waals surface area contributed by atoms with Crippen LogP contribution in [0, 0.1) is 0 Å². The van der Waals surface area contributed by atoms with Crippen LogP contribution in [0.1, 0.15) is 22.8 Å². The molecule has 0 saturated carbocycles. The van der Waals surface area contributed by atoms with Crippen LogP contribution >= 0.6 is 11.6 Å². The van der Waals surface area contributed by atoms with Crippen molar-refractivity contribution in [2.24, 2.45) is 5.10 Å². The molecule has 0 fully saturated rings. The molecule has 0 bridgehead atoms. The number of rotatable bonds is 10. The molecule has 0 spiro atoms. The van der Waals surface area contributed by atoms with Gasteiger partial charge in [-0.25, -0.2) is 5.43 Å². The van der Waals surface area contributed by atoms with Crippen LogP contribution < -0.4 is 23.8 Å². The largest absolute Gasteiger partial charge is 0.493 e. The number of amides is 1. The van der Waals surface area contributed by atoms with Crippen LogP contribution in [0.2, 0.25) is 5.02 Å². The SMILES string of the molecule is CCOc1cc(C(=O)N/N=C/c2cc(Cl)c(OS(=O)(=O)c3ccccc3)c(OC)c2)ccc1OC. The Balaban J connectivity index is 1.77. The van der Waals surface area contributed by atoms with Gasteiger partial charge in [0.05, 0.1) is 32.1 Å². The molecule has 35 heavy (non-hydrogen) atoms. The van der Waals surface area contributed by atoms with E-state index in [1.165, 1.54) is 44.7 Å².